The minimum atomic E-state index is -0.247. The van der Waals surface area contributed by atoms with Gasteiger partial charge in [0.15, 0.2) is 0 Å². The number of anilines is 3. The van der Waals surface area contributed by atoms with Crippen molar-refractivity contribution in [3.63, 3.8) is 0 Å². The van der Waals surface area contributed by atoms with Crippen LogP contribution >= 0.6 is 11.6 Å². The zero-order valence-corrected chi connectivity index (χ0v) is 19.4. The monoisotopic (exact) mass is 461 g/mol. The van der Waals surface area contributed by atoms with Crippen LogP contribution in [0.2, 0.25) is 5.02 Å². The highest BCUT2D eigenvalue weighted by Gasteiger charge is 2.28. The van der Waals surface area contributed by atoms with Crippen molar-refractivity contribution in [3.05, 3.63) is 88.9 Å². The first kappa shape index (κ1) is 23.0. The third-order valence-electron chi connectivity index (χ3n) is 5.90. The first-order valence-corrected chi connectivity index (χ1v) is 11.7. The van der Waals surface area contributed by atoms with Gasteiger partial charge in [0.05, 0.1) is 22.6 Å². The number of halogens is 1. The van der Waals surface area contributed by atoms with Crippen molar-refractivity contribution in [1.29, 1.82) is 0 Å². The van der Waals surface area contributed by atoms with E-state index in [-0.39, 0.29) is 11.8 Å². The van der Waals surface area contributed by atoms with E-state index in [1.165, 1.54) is 5.56 Å². The summed E-state index contributed by atoms with van der Waals surface area (Å²) in [6.45, 7) is 3.06. The molecule has 0 saturated heterocycles. The van der Waals surface area contributed by atoms with Crippen molar-refractivity contribution < 1.29 is 9.59 Å². The second-order valence-corrected chi connectivity index (χ2v) is 8.70. The number of nitrogens with zero attached hydrogens (tertiary/aromatic N) is 1. The summed E-state index contributed by atoms with van der Waals surface area (Å²) in [5.74, 6) is -0.281. The molecule has 1 heterocycles. The number of hydrogen-bond acceptors (Lipinski definition) is 3. The lowest BCUT2D eigenvalue weighted by molar-refractivity contribution is -0.118. The average Bonchev–Trinajstić information content (AvgIpc) is 2.95. The van der Waals surface area contributed by atoms with Gasteiger partial charge in [0.2, 0.25) is 5.91 Å². The number of benzene rings is 3. The second kappa shape index (κ2) is 10.6. The SMILES string of the molecule is CC(NCCCCCC(=O)N1c2ccc(Cl)cc2NC(=O)c2ccccc21)c1ccccc1. The number of rotatable bonds is 8. The highest BCUT2D eigenvalue weighted by Crippen LogP contribution is 2.39. The third-order valence-corrected chi connectivity index (χ3v) is 6.14. The predicted molar refractivity (Wildman–Crippen MR) is 134 cm³/mol. The van der Waals surface area contributed by atoms with Crippen molar-refractivity contribution in [1.82, 2.24) is 5.32 Å². The highest BCUT2D eigenvalue weighted by atomic mass is 35.5. The summed E-state index contributed by atoms with van der Waals surface area (Å²) < 4.78 is 0. The Kier molecular flexibility index (Phi) is 7.43. The van der Waals surface area contributed by atoms with E-state index in [4.69, 9.17) is 11.6 Å². The van der Waals surface area contributed by atoms with Crippen LogP contribution in [0.5, 0.6) is 0 Å². The zero-order valence-electron chi connectivity index (χ0n) is 18.7. The normalized spacial score (nSPS) is 13.5. The molecule has 1 aliphatic heterocycles. The molecule has 0 saturated carbocycles. The number of amides is 2. The van der Waals surface area contributed by atoms with E-state index in [0.29, 0.717) is 40.1 Å². The van der Waals surface area contributed by atoms with Crippen molar-refractivity contribution in [2.75, 3.05) is 16.8 Å². The van der Waals surface area contributed by atoms with Crippen LogP contribution in [0.3, 0.4) is 0 Å². The molecule has 2 amide bonds. The van der Waals surface area contributed by atoms with E-state index in [9.17, 15) is 9.59 Å². The lowest BCUT2D eigenvalue weighted by Crippen LogP contribution is -2.26. The fourth-order valence-corrected chi connectivity index (χ4v) is 4.29. The van der Waals surface area contributed by atoms with Gasteiger partial charge in [0, 0.05) is 17.5 Å². The van der Waals surface area contributed by atoms with Crippen molar-refractivity contribution in [2.24, 2.45) is 0 Å². The standard InChI is InChI=1S/C27H28ClN3O2/c1-19(20-10-4-2-5-11-20)29-17-9-3-6-14-26(32)31-24-13-8-7-12-22(24)27(33)30-23-18-21(28)15-16-25(23)31/h2,4-5,7-8,10-13,15-16,18-19,29H,3,6,9,14,17H2,1H3,(H,30,33). The molecule has 0 fully saturated rings. The van der Waals surface area contributed by atoms with Gasteiger partial charge in [-0.3, -0.25) is 14.5 Å². The maximum absolute atomic E-state index is 13.3. The number of para-hydroxylation sites is 1. The molecular weight excluding hydrogens is 434 g/mol. The fourth-order valence-electron chi connectivity index (χ4n) is 4.12. The van der Waals surface area contributed by atoms with Gasteiger partial charge < -0.3 is 10.6 Å². The van der Waals surface area contributed by atoms with E-state index < -0.39 is 0 Å². The van der Waals surface area contributed by atoms with Crippen LogP contribution in [-0.2, 0) is 4.79 Å². The van der Waals surface area contributed by atoms with Crippen molar-refractivity contribution in [3.8, 4) is 0 Å². The summed E-state index contributed by atoms with van der Waals surface area (Å²) in [7, 11) is 0. The number of carbonyl (C=O) groups excluding carboxylic acids is 2. The zero-order chi connectivity index (χ0) is 23.2. The largest absolute Gasteiger partial charge is 0.320 e. The molecule has 4 rings (SSSR count). The summed E-state index contributed by atoms with van der Waals surface area (Å²) in [5.41, 5.74) is 3.52. The molecule has 5 nitrogen and oxygen atoms in total. The van der Waals surface area contributed by atoms with Crippen LogP contribution in [0, 0.1) is 0 Å². The van der Waals surface area contributed by atoms with E-state index in [0.717, 1.165) is 25.8 Å². The molecule has 0 bridgehead atoms. The fraction of sp³-hybridized carbons (Fsp3) is 0.259. The van der Waals surface area contributed by atoms with Gasteiger partial charge in [-0.05, 0) is 62.2 Å². The van der Waals surface area contributed by atoms with Gasteiger partial charge in [0.1, 0.15) is 0 Å². The second-order valence-electron chi connectivity index (χ2n) is 8.26. The Balaban J connectivity index is 1.38. The molecule has 170 valence electrons. The predicted octanol–water partition coefficient (Wildman–Crippen LogP) is 6.48. The molecule has 3 aromatic rings. The van der Waals surface area contributed by atoms with Crippen LogP contribution in [0.25, 0.3) is 0 Å². The quantitative estimate of drug-likeness (QED) is 0.377. The van der Waals surface area contributed by atoms with Crippen LogP contribution in [0.4, 0.5) is 17.1 Å². The molecule has 1 aliphatic rings. The summed E-state index contributed by atoms with van der Waals surface area (Å²) in [4.78, 5) is 27.7. The molecule has 3 aromatic carbocycles. The molecule has 0 spiro atoms. The molecule has 1 unspecified atom stereocenters. The molecule has 0 radical (unpaired) electrons. The number of carbonyl (C=O) groups is 2. The summed E-state index contributed by atoms with van der Waals surface area (Å²) in [5, 5.41) is 6.93. The smallest absolute Gasteiger partial charge is 0.257 e. The van der Waals surface area contributed by atoms with Crippen LogP contribution < -0.4 is 15.5 Å². The average molecular weight is 462 g/mol. The van der Waals surface area contributed by atoms with Crippen molar-refractivity contribution in [2.45, 2.75) is 38.6 Å². The van der Waals surface area contributed by atoms with Gasteiger partial charge in [-0.1, -0.05) is 60.5 Å². The Bertz CT molecular complexity index is 1130. The molecular formula is C27H28ClN3O2. The Labute approximate surface area is 199 Å². The van der Waals surface area contributed by atoms with E-state index in [1.54, 1.807) is 35.2 Å². The number of fused-ring (bicyclic) bond motifs is 2. The van der Waals surface area contributed by atoms with E-state index >= 15 is 0 Å². The maximum atomic E-state index is 13.3. The number of unbranched alkanes of at least 4 members (excludes halogenated alkanes) is 2. The van der Waals surface area contributed by atoms with Crippen molar-refractivity contribution >= 4 is 40.5 Å². The number of hydrogen-bond donors (Lipinski definition) is 2. The van der Waals surface area contributed by atoms with Gasteiger partial charge >= 0.3 is 0 Å². The topological polar surface area (TPSA) is 61.4 Å². The van der Waals surface area contributed by atoms with Gasteiger partial charge in [-0.25, -0.2) is 0 Å². The Hall–Kier alpha value is -3.15. The Morgan fingerprint density at radius 3 is 2.55 bits per heavy atom. The first-order chi connectivity index (χ1) is 16.0. The highest BCUT2D eigenvalue weighted by molar-refractivity contribution is 6.31. The van der Waals surface area contributed by atoms with Gasteiger partial charge in [-0.2, -0.15) is 0 Å². The lowest BCUT2D eigenvalue weighted by atomic mass is 10.1. The van der Waals surface area contributed by atoms with Gasteiger partial charge in [0.25, 0.3) is 5.91 Å². The van der Waals surface area contributed by atoms with E-state index in [1.807, 2.05) is 18.2 Å². The lowest BCUT2D eigenvalue weighted by Gasteiger charge is -2.24. The third kappa shape index (κ3) is 5.44. The van der Waals surface area contributed by atoms with Crippen LogP contribution in [-0.4, -0.2) is 18.4 Å². The molecule has 0 aliphatic carbocycles. The summed E-state index contributed by atoms with van der Waals surface area (Å²) in [6.07, 6.45) is 3.12. The van der Waals surface area contributed by atoms with E-state index in [2.05, 4.69) is 41.8 Å². The number of nitrogens with one attached hydrogen (secondary N) is 2. The molecule has 0 aromatic heterocycles. The van der Waals surface area contributed by atoms with Crippen LogP contribution in [0.15, 0.2) is 72.8 Å². The molecule has 1 atom stereocenters. The Morgan fingerprint density at radius 1 is 0.970 bits per heavy atom. The summed E-state index contributed by atoms with van der Waals surface area (Å²) >= 11 is 6.15. The Morgan fingerprint density at radius 2 is 1.73 bits per heavy atom. The summed E-state index contributed by atoms with van der Waals surface area (Å²) in [6, 6.07) is 23.1. The molecule has 6 heteroatoms. The molecule has 33 heavy (non-hydrogen) atoms. The molecule has 2 N–H and O–H groups in total. The minimum absolute atomic E-state index is 0.0341. The minimum Gasteiger partial charge on any atom is -0.320 e. The maximum Gasteiger partial charge on any atom is 0.257 e. The van der Waals surface area contributed by atoms with Gasteiger partial charge in [-0.15, -0.1) is 0 Å². The van der Waals surface area contributed by atoms with Crippen LogP contribution in [0.1, 0.15) is 54.6 Å². The first-order valence-electron chi connectivity index (χ1n) is 11.4.